The van der Waals surface area contributed by atoms with E-state index in [0.29, 0.717) is 34.2 Å². The van der Waals surface area contributed by atoms with E-state index >= 15 is 0 Å². The second-order valence-electron chi connectivity index (χ2n) is 7.80. The van der Waals surface area contributed by atoms with E-state index in [0.717, 1.165) is 32.4 Å². The molecule has 3 aromatic rings. The molecular weight excluding hydrogens is 426 g/mol. The van der Waals surface area contributed by atoms with E-state index in [2.05, 4.69) is 5.32 Å². The number of hydrogen-bond donors (Lipinski definition) is 2. The summed E-state index contributed by atoms with van der Waals surface area (Å²) in [6.07, 6.45) is 3.11. The molecule has 4 rings (SSSR count). The largest absolute Gasteiger partial charge is 0.496 e. The van der Waals surface area contributed by atoms with Gasteiger partial charge in [0.15, 0.2) is 0 Å². The van der Waals surface area contributed by atoms with Crippen molar-refractivity contribution >= 4 is 23.0 Å². The highest BCUT2D eigenvalue weighted by atomic mass is 16.6. The number of carbonyl (C=O) groups excluding carboxylic acids is 1. The monoisotopic (exact) mass is 451 g/mol. The van der Waals surface area contributed by atoms with Crippen LogP contribution < -0.4 is 15.0 Å². The predicted molar refractivity (Wildman–Crippen MR) is 124 cm³/mol. The number of furan rings is 1. The Morgan fingerprint density at radius 3 is 2.61 bits per heavy atom. The summed E-state index contributed by atoms with van der Waals surface area (Å²) in [5.41, 5.74) is 1.80. The lowest BCUT2D eigenvalue weighted by molar-refractivity contribution is -0.384. The Labute approximate surface area is 190 Å². The quantitative estimate of drug-likeness (QED) is 0.398. The maximum atomic E-state index is 12.8. The number of piperidine rings is 1. The predicted octanol–water partition coefficient (Wildman–Crippen LogP) is 4.60. The number of amides is 1. The molecule has 2 aromatic carbocycles. The first-order chi connectivity index (χ1) is 16.0. The SMILES string of the molecule is COc1cc(NC(=O)c2ccc(N3CCCCC3)c([N+](=O)[O-])c2)ccc1-c1ccc(CO)o1. The number of rotatable bonds is 7. The Morgan fingerprint density at radius 1 is 1.15 bits per heavy atom. The third-order valence-electron chi connectivity index (χ3n) is 5.67. The molecule has 2 heterocycles. The average Bonchev–Trinajstić information content (AvgIpc) is 3.33. The molecule has 1 aliphatic rings. The number of nitrogens with zero attached hydrogens (tertiary/aromatic N) is 2. The highest BCUT2D eigenvalue weighted by Gasteiger charge is 2.23. The number of carbonyl (C=O) groups is 1. The summed E-state index contributed by atoms with van der Waals surface area (Å²) in [7, 11) is 1.50. The molecule has 33 heavy (non-hydrogen) atoms. The van der Waals surface area contributed by atoms with Crippen molar-refractivity contribution in [2.24, 2.45) is 0 Å². The minimum Gasteiger partial charge on any atom is -0.496 e. The number of aliphatic hydroxyl groups is 1. The average molecular weight is 451 g/mol. The van der Waals surface area contributed by atoms with Crippen LogP contribution in [0.25, 0.3) is 11.3 Å². The minimum atomic E-state index is -0.460. The Hall–Kier alpha value is -3.85. The van der Waals surface area contributed by atoms with Gasteiger partial charge in [-0.2, -0.15) is 0 Å². The molecule has 0 saturated carbocycles. The van der Waals surface area contributed by atoms with Gasteiger partial charge in [-0.1, -0.05) is 0 Å². The molecule has 1 aromatic heterocycles. The third kappa shape index (κ3) is 4.83. The number of anilines is 2. The van der Waals surface area contributed by atoms with E-state index in [1.807, 2.05) is 4.90 Å². The normalized spacial score (nSPS) is 13.6. The van der Waals surface area contributed by atoms with Crippen LogP contribution in [0.4, 0.5) is 17.1 Å². The first-order valence-corrected chi connectivity index (χ1v) is 10.7. The summed E-state index contributed by atoms with van der Waals surface area (Å²) in [6.45, 7) is 1.33. The van der Waals surface area contributed by atoms with Crippen LogP contribution in [0.15, 0.2) is 52.9 Å². The van der Waals surface area contributed by atoms with Crippen LogP contribution in [0.5, 0.6) is 5.75 Å². The van der Waals surface area contributed by atoms with Crippen molar-refractivity contribution in [2.45, 2.75) is 25.9 Å². The van der Waals surface area contributed by atoms with Crippen LogP contribution >= 0.6 is 0 Å². The fraction of sp³-hybridized carbons (Fsp3) is 0.292. The van der Waals surface area contributed by atoms with Crippen LogP contribution in [0.1, 0.15) is 35.4 Å². The molecule has 9 heteroatoms. The van der Waals surface area contributed by atoms with Crippen molar-refractivity contribution in [3.8, 4) is 17.1 Å². The van der Waals surface area contributed by atoms with Gasteiger partial charge in [-0.15, -0.1) is 0 Å². The number of nitrogens with one attached hydrogen (secondary N) is 1. The fourth-order valence-electron chi connectivity index (χ4n) is 4.00. The van der Waals surface area contributed by atoms with Gasteiger partial charge >= 0.3 is 0 Å². The second-order valence-corrected chi connectivity index (χ2v) is 7.80. The molecule has 0 spiro atoms. The molecule has 0 aliphatic carbocycles. The van der Waals surface area contributed by atoms with Crippen molar-refractivity contribution in [2.75, 3.05) is 30.4 Å². The van der Waals surface area contributed by atoms with Crippen molar-refractivity contribution in [1.82, 2.24) is 0 Å². The molecule has 2 N–H and O–H groups in total. The van der Waals surface area contributed by atoms with Crippen LogP contribution in [0, 0.1) is 10.1 Å². The fourth-order valence-corrected chi connectivity index (χ4v) is 4.00. The maximum absolute atomic E-state index is 12.8. The van der Waals surface area contributed by atoms with Crippen LogP contribution in [0.3, 0.4) is 0 Å². The maximum Gasteiger partial charge on any atom is 0.293 e. The summed E-state index contributed by atoms with van der Waals surface area (Å²) >= 11 is 0. The van der Waals surface area contributed by atoms with Gasteiger partial charge in [0.05, 0.1) is 17.6 Å². The van der Waals surface area contributed by atoms with Crippen molar-refractivity contribution < 1.29 is 24.0 Å². The number of nitro groups is 1. The van der Waals surface area contributed by atoms with Crippen molar-refractivity contribution in [3.05, 3.63) is 70.0 Å². The lowest BCUT2D eigenvalue weighted by Gasteiger charge is -2.28. The molecule has 0 bridgehead atoms. The second kappa shape index (κ2) is 9.74. The van der Waals surface area contributed by atoms with Gasteiger partial charge < -0.3 is 24.5 Å². The summed E-state index contributed by atoms with van der Waals surface area (Å²) in [4.78, 5) is 26.1. The number of benzene rings is 2. The van der Waals surface area contributed by atoms with Crippen LogP contribution in [0.2, 0.25) is 0 Å². The molecular formula is C24H25N3O6. The summed E-state index contributed by atoms with van der Waals surface area (Å²) < 4.78 is 11.0. The minimum absolute atomic E-state index is 0.0741. The first kappa shape index (κ1) is 22.3. The first-order valence-electron chi connectivity index (χ1n) is 10.7. The highest BCUT2D eigenvalue weighted by Crippen LogP contribution is 2.35. The Balaban J connectivity index is 1.56. The van der Waals surface area contributed by atoms with Crippen molar-refractivity contribution in [1.29, 1.82) is 0 Å². The number of nitro benzene ring substituents is 1. The summed E-state index contributed by atoms with van der Waals surface area (Å²) in [5, 5.41) is 23.7. The molecule has 172 valence electrons. The van der Waals surface area contributed by atoms with E-state index in [4.69, 9.17) is 9.15 Å². The molecule has 0 atom stereocenters. The molecule has 1 amide bonds. The van der Waals surface area contributed by atoms with Gasteiger partial charge in [-0.05, 0) is 55.7 Å². The number of aliphatic hydroxyl groups excluding tert-OH is 1. The van der Waals surface area contributed by atoms with Crippen molar-refractivity contribution in [3.63, 3.8) is 0 Å². The number of ether oxygens (including phenoxy) is 1. The smallest absolute Gasteiger partial charge is 0.293 e. The molecule has 9 nitrogen and oxygen atoms in total. The van der Waals surface area contributed by atoms with Gasteiger partial charge in [0.25, 0.3) is 11.6 Å². The molecule has 0 unspecified atom stereocenters. The zero-order valence-electron chi connectivity index (χ0n) is 18.2. The summed E-state index contributed by atoms with van der Waals surface area (Å²) in [5.74, 6) is 0.966. The molecule has 0 radical (unpaired) electrons. The molecule has 1 fully saturated rings. The van der Waals surface area contributed by atoms with Gasteiger partial charge in [-0.25, -0.2) is 0 Å². The van der Waals surface area contributed by atoms with E-state index < -0.39 is 10.8 Å². The van der Waals surface area contributed by atoms with E-state index in [9.17, 15) is 20.0 Å². The molecule has 1 aliphatic heterocycles. The van der Waals surface area contributed by atoms with E-state index in [-0.39, 0.29) is 17.9 Å². The van der Waals surface area contributed by atoms with Crippen LogP contribution in [-0.2, 0) is 6.61 Å². The Morgan fingerprint density at radius 2 is 1.94 bits per heavy atom. The number of hydrogen-bond acceptors (Lipinski definition) is 7. The standard InChI is InChI=1S/C24H25N3O6/c1-32-23-14-17(6-8-19(23)22-10-7-18(15-28)33-22)25-24(29)16-5-9-20(21(13-16)27(30)31)26-11-3-2-4-12-26/h5-10,13-14,28H,2-4,11-12,15H2,1H3,(H,25,29). The Bertz CT molecular complexity index is 1170. The van der Waals surface area contributed by atoms with E-state index in [1.54, 1.807) is 42.5 Å². The van der Waals surface area contributed by atoms with E-state index in [1.165, 1.54) is 13.2 Å². The van der Waals surface area contributed by atoms with Gasteiger partial charge in [0, 0.05) is 36.5 Å². The highest BCUT2D eigenvalue weighted by molar-refractivity contribution is 6.05. The summed E-state index contributed by atoms with van der Waals surface area (Å²) in [6, 6.07) is 13.0. The number of methoxy groups -OCH3 is 1. The van der Waals surface area contributed by atoms with Gasteiger partial charge in [0.1, 0.15) is 29.6 Å². The topological polar surface area (TPSA) is 118 Å². The third-order valence-corrected chi connectivity index (χ3v) is 5.67. The zero-order chi connectivity index (χ0) is 23.4. The zero-order valence-corrected chi connectivity index (χ0v) is 18.2. The van der Waals surface area contributed by atoms with Gasteiger partial charge in [0.2, 0.25) is 0 Å². The lowest BCUT2D eigenvalue weighted by atomic mass is 10.1. The lowest BCUT2D eigenvalue weighted by Crippen LogP contribution is -2.30. The van der Waals surface area contributed by atoms with Crippen LogP contribution in [-0.4, -0.2) is 36.1 Å². The van der Waals surface area contributed by atoms with Gasteiger partial charge in [-0.3, -0.25) is 14.9 Å². The Kier molecular flexibility index (Phi) is 6.60. The molecule has 1 saturated heterocycles.